The molecule has 0 unspecified atom stereocenters. The predicted octanol–water partition coefficient (Wildman–Crippen LogP) is 4.47. The summed E-state index contributed by atoms with van der Waals surface area (Å²) in [6.45, 7) is 0. The Balaban J connectivity index is 1.68. The van der Waals surface area contributed by atoms with E-state index >= 15 is 0 Å². The molecule has 0 spiro atoms. The molecule has 3 rings (SSSR count). The van der Waals surface area contributed by atoms with Crippen LogP contribution in [-0.2, 0) is 4.79 Å². The molecule has 0 aliphatic heterocycles. The summed E-state index contributed by atoms with van der Waals surface area (Å²) in [4.78, 5) is 31.0. The van der Waals surface area contributed by atoms with Gasteiger partial charge in [-0.25, -0.2) is 4.98 Å². The van der Waals surface area contributed by atoms with Crippen LogP contribution < -0.4 is 10.9 Å². The zero-order valence-corrected chi connectivity index (χ0v) is 15.7. The van der Waals surface area contributed by atoms with Gasteiger partial charge in [-0.15, -0.1) is 0 Å². The van der Waals surface area contributed by atoms with Crippen molar-refractivity contribution in [2.45, 2.75) is 5.16 Å². The fraction of sp³-hybridized carbons (Fsp3) is 0.0556. The average Bonchev–Trinajstić information content (AvgIpc) is 2.63. The van der Waals surface area contributed by atoms with Gasteiger partial charge in [-0.3, -0.25) is 9.59 Å². The van der Waals surface area contributed by atoms with Gasteiger partial charge >= 0.3 is 0 Å². The molecule has 0 saturated carbocycles. The Morgan fingerprint density at radius 3 is 2.62 bits per heavy atom. The highest BCUT2D eigenvalue weighted by Crippen LogP contribution is 2.26. The fourth-order valence-corrected chi connectivity index (χ4v) is 3.30. The molecule has 0 bridgehead atoms. The summed E-state index contributed by atoms with van der Waals surface area (Å²) in [5.74, 6) is -0.202. The second-order valence-electron chi connectivity index (χ2n) is 5.26. The lowest BCUT2D eigenvalue weighted by molar-refractivity contribution is -0.113. The quantitative estimate of drug-likeness (QED) is 0.484. The molecule has 132 valence electrons. The predicted molar refractivity (Wildman–Crippen MR) is 106 cm³/mol. The molecular formula is C18H13Cl2N3O2S. The van der Waals surface area contributed by atoms with Crippen LogP contribution in [0.3, 0.4) is 0 Å². The van der Waals surface area contributed by atoms with E-state index in [1.807, 2.05) is 30.3 Å². The van der Waals surface area contributed by atoms with E-state index in [2.05, 4.69) is 15.3 Å². The van der Waals surface area contributed by atoms with Crippen molar-refractivity contribution in [3.05, 3.63) is 75.0 Å². The average molecular weight is 406 g/mol. The van der Waals surface area contributed by atoms with E-state index in [1.165, 1.54) is 6.07 Å². The molecule has 0 radical (unpaired) electrons. The Morgan fingerprint density at radius 1 is 1.12 bits per heavy atom. The van der Waals surface area contributed by atoms with Crippen molar-refractivity contribution in [2.75, 3.05) is 11.1 Å². The number of amides is 1. The first-order chi connectivity index (χ1) is 12.5. The SMILES string of the molecule is O=C(CSc1nc(-c2ccccc2)cc(=O)[nH]1)Nc1ccc(Cl)cc1Cl. The van der Waals surface area contributed by atoms with Crippen LogP contribution in [0.5, 0.6) is 0 Å². The van der Waals surface area contributed by atoms with Crippen molar-refractivity contribution in [2.24, 2.45) is 0 Å². The molecular weight excluding hydrogens is 393 g/mol. The van der Waals surface area contributed by atoms with Crippen LogP contribution in [0.25, 0.3) is 11.3 Å². The first kappa shape index (κ1) is 18.5. The number of nitrogens with one attached hydrogen (secondary N) is 2. The summed E-state index contributed by atoms with van der Waals surface area (Å²) in [7, 11) is 0. The number of thioether (sulfide) groups is 1. The number of aromatic nitrogens is 2. The summed E-state index contributed by atoms with van der Waals surface area (Å²) in [6.07, 6.45) is 0. The van der Waals surface area contributed by atoms with Crippen LogP contribution in [-0.4, -0.2) is 21.6 Å². The minimum Gasteiger partial charge on any atom is -0.324 e. The molecule has 0 aliphatic rings. The normalized spacial score (nSPS) is 10.5. The standard InChI is InChI=1S/C18H13Cl2N3O2S/c19-12-6-7-14(13(20)8-12)21-17(25)10-26-18-22-15(9-16(24)23-18)11-4-2-1-3-5-11/h1-9H,10H2,(H,21,25)(H,22,23,24). The summed E-state index contributed by atoms with van der Waals surface area (Å²) < 4.78 is 0. The Bertz CT molecular complexity index is 993. The number of aromatic amines is 1. The summed E-state index contributed by atoms with van der Waals surface area (Å²) >= 11 is 13.0. The molecule has 1 aromatic heterocycles. The molecule has 0 saturated heterocycles. The van der Waals surface area contributed by atoms with Crippen molar-refractivity contribution in [1.82, 2.24) is 9.97 Å². The summed E-state index contributed by atoms with van der Waals surface area (Å²) in [5.41, 5.74) is 1.58. The molecule has 3 aromatic rings. The van der Waals surface area contributed by atoms with E-state index in [-0.39, 0.29) is 17.2 Å². The Hall–Kier alpha value is -2.28. The van der Waals surface area contributed by atoms with Crippen LogP contribution in [0.15, 0.2) is 64.5 Å². The van der Waals surface area contributed by atoms with E-state index in [0.29, 0.717) is 26.6 Å². The van der Waals surface area contributed by atoms with Gasteiger partial charge in [0.2, 0.25) is 5.91 Å². The molecule has 1 amide bonds. The van der Waals surface area contributed by atoms with E-state index in [0.717, 1.165) is 17.3 Å². The Kier molecular flexibility index (Phi) is 5.98. The number of H-pyrrole nitrogens is 1. The number of nitrogens with zero attached hydrogens (tertiary/aromatic N) is 1. The second kappa shape index (κ2) is 8.40. The third kappa shape index (κ3) is 4.88. The molecule has 0 aliphatic carbocycles. The van der Waals surface area contributed by atoms with Gasteiger partial charge in [-0.1, -0.05) is 65.3 Å². The van der Waals surface area contributed by atoms with Gasteiger partial charge in [0.1, 0.15) is 0 Å². The van der Waals surface area contributed by atoms with Crippen LogP contribution in [0.1, 0.15) is 0 Å². The zero-order chi connectivity index (χ0) is 18.5. The maximum absolute atomic E-state index is 12.1. The van der Waals surface area contributed by atoms with Gasteiger partial charge in [0, 0.05) is 16.7 Å². The van der Waals surface area contributed by atoms with Crippen LogP contribution in [0.2, 0.25) is 10.0 Å². The lowest BCUT2D eigenvalue weighted by Crippen LogP contribution is -2.15. The number of carbonyl (C=O) groups excluding carboxylic acids is 1. The fourth-order valence-electron chi connectivity index (χ4n) is 2.17. The lowest BCUT2D eigenvalue weighted by Gasteiger charge is -2.07. The number of carbonyl (C=O) groups is 1. The Morgan fingerprint density at radius 2 is 1.88 bits per heavy atom. The van der Waals surface area contributed by atoms with E-state index in [1.54, 1.807) is 18.2 Å². The molecule has 26 heavy (non-hydrogen) atoms. The number of benzene rings is 2. The van der Waals surface area contributed by atoms with Gasteiger partial charge in [0.25, 0.3) is 5.56 Å². The highest BCUT2D eigenvalue weighted by molar-refractivity contribution is 7.99. The monoisotopic (exact) mass is 405 g/mol. The first-order valence-corrected chi connectivity index (χ1v) is 9.30. The van der Waals surface area contributed by atoms with Crippen LogP contribution in [0.4, 0.5) is 5.69 Å². The zero-order valence-electron chi connectivity index (χ0n) is 13.3. The number of hydrogen-bond donors (Lipinski definition) is 2. The number of anilines is 1. The molecule has 0 fully saturated rings. The Labute approximate surface area is 163 Å². The number of halogens is 2. The minimum absolute atomic E-state index is 0.0696. The summed E-state index contributed by atoms with van der Waals surface area (Å²) in [6, 6.07) is 15.6. The highest BCUT2D eigenvalue weighted by atomic mass is 35.5. The minimum atomic E-state index is -0.275. The van der Waals surface area contributed by atoms with Crippen molar-refractivity contribution >= 4 is 46.6 Å². The maximum atomic E-state index is 12.1. The topological polar surface area (TPSA) is 74.8 Å². The second-order valence-corrected chi connectivity index (χ2v) is 7.07. The highest BCUT2D eigenvalue weighted by Gasteiger charge is 2.10. The van der Waals surface area contributed by atoms with Crippen molar-refractivity contribution < 1.29 is 4.79 Å². The van der Waals surface area contributed by atoms with Crippen LogP contribution in [0, 0.1) is 0 Å². The van der Waals surface area contributed by atoms with Crippen molar-refractivity contribution in [3.63, 3.8) is 0 Å². The van der Waals surface area contributed by atoms with Gasteiger partial charge < -0.3 is 10.3 Å². The van der Waals surface area contributed by atoms with Crippen molar-refractivity contribution in [1.29, 1.82) is 0 Å². The van der Waals surface area contributed by atoms with E-state index in [4.69, 9.17) is 23.2 Å². The van der Waals surface area contributed by atoms with Gasteiger partial charge in [-0.2, -0.15) is 0 Å². The first-order valence-electron chi connectivity index (χ1n) is 7.56. The molecule has 1 heterocycles. The molecule has 2 aromatic carbocycles. The van der Waals surface area contributed by atoms with E-state index in [9.17, 15) is 9.59 Å². The smallest absolute Gasteiger partial charge is 0.252 e. The largest absolute Gasteiger partial charge is 0.324 e. The van der Waals surface area contributed by atoms with Gasteiger partial charge in [0.15, 0.2) is 5.16 Å². The van der Waals surface area contributed by atoms with E-state index < -0.39 is 0 Å². The molecule has 0 atom stereocenters. The summed E-state index contributed by atoms with van der Waals surface area (Å²) in [5, 5.41) is 3.91. The number of rotatable bonds is 5. The maximum Gasteiger partial charge on any atom is 0.252 e. The molecule has 2 N–H and O–H groups in total. The number of hydrogen-bond acceptors (Lipinski definition) is 4. The molecule has 8 heteroatoms. The lowest BCUT2D eigenvalue weighted by atomic mass is 10.1. The van der Waals surface area contributed by atoms with Crippen LogP contribution >= 0.6 is 35.0 Å². The van der Waals surface area contributed by atoms with Gasteiger partial charge in [0.05, 0.1) is 22.2 Å². The van der Waals surface area contributed by atoms with Gasteiger partial charge in [-0.05, 0) is 18.2 Å². The third-order valence-corrected chi connectivity index (χ3v) is 4.76. The van der Waals surface area contributed by atoms with Crippen molar-refractivity contribution in [3.8, 4) is 11.3 Å². The molecule has 5 nitrogen and oxygen atoms in total. The third-order valence-electron chi connectivity index (χ3n) is 3.33.